The van der Waals surface area contributed by atoms with E-state index in [2.05, 4.69) is 17.9 Å². The third kappa shape index (κ3) is 3.03. The van der Waals surface area contributed by atoms with E-state index in [1.165, 1.54) is 0 Å². The van der Waals surface area contributed by atoms with Crippen LogP contribution in [0.25, 0.3) is 0 Å². The molecule has 0 atom stereocenters. The predicted octanol–water partition coefficient (Wildman–Crippen LogP) is 4.18. The summed E-state index contributed by atoms with van der Waals surface area (Å²) in [4.78, 5) is 0.714. The number of thiol groups is 1. The maximum absolute atomic E-state index is 6.02. The van der Waals surface area contributed by atoms with Crippen LogP contribution in [0.2, 0.25) is 5.02 Å². The second-order valence-corrected chi connectivity index (χ2v) is 4.57. The lowest BCUT2D eigenvalue weighted by Gasteiger charge is -2.10. The number of nitrogens with one attached hydrogen (secondary N) is 1. The molecular formula is C12H10ClNOS2. The molecule has 0 aliphatic heterocycles. The lowest BCUT2D eigenvalue weighted by Crippen LogP contribution is -2.01. The summed E-state index contributed by atoms with van der Waals surface area (Å²) in [7, 11) is 0. The molecule has 0 unspecified atom stereocenters. The second-order valence-electron chi connectivity index (χ2n) is 3.44. The summed E-state index contributed by atoms with van der Waals surface area (Å²) < 4.78 is 5.24. The van der Waals surface area contributed by atoms with Crippen molar-refractivity contribution in [2.75, 3.05) is 5.32 Å². The molecule has 5 heteroatoms. The molecular weight excluding hydrogens is 274 g/mol. The molecule has 1 heterocycles. The van der Waals surface area contributed by atoms with E-state index < -0.39 is 0 Å². The number of hydrogen-bond acceptors (Lipinski definition) is 4. The minimum Gasteiger partial charge on any atom is -0.467 e. The normalized spacial score (nSPS) is 10.2. The largest absolute Gasteiger partial charge is 0.467 e. The lowest BCUT2D eigenvalue weighted by molar-refractivity contribution is 0.518. The second kappa shape index (κ2) is 5.58. The Morgan fingerprint density at radius 1 is 1.47 bits per heavy atom. The molecule has 0 saturated carbocycles. The zero-order chi connectivity index (χ0) is 12.3. The van der Waals surface area contributed by atoms with Crippen LogP contribution in [0.15, 0.2) is 39.8 Å². The Bertz CT molecular complexity index is 526. The quantitative estimate of drug-likeness (QED) is 0.650. The van der Waals surface area contributed by atoms with Gasteiger partial charge in [-0.2, -0.15) is 0 Å². The topological polar surface area (TPSA) is 25.2 Å². The maximum Gasteiger partial charge on any atom is 0.122 e. The van der Waals surface area contributed by atoms with Crippen LogP contribution in [0.5, 0.6) is 0 Å². The summed E-state index contributed by atoms with van der Waals surface area (Å²) >= 11 is 15.2. The molecule has 0 radical (unpaired) electrons. The van der Waals surface area contributed by atoms with Crippen LogP contribution in [-0.4, -0.2) is 5.37 Å². The van der Waals surface area contributed by atoms with Crippen molar-refractivity contribution in [3.63, 3.8) is 0 Å². The Balaban J connectivity index is 2.20. The van der Waals surface area contributed by atoms with Gasteiger partial charge in [-0.1, -0.05) is 23.8 Å². The highest BCUT2D eigenvalue weighted by molar-refractivity contribution is 7.80. The van der Waals surface area contributed by atoms with Crippen molar-refractivity contribution in [2.24, 2.45) is 0 Å². The monoisotopic (exact) mass is 283 g/mol. The van der Waals surface area contributed by atoms with Gasteiger partial charge in [0.05, 0.1) is 17.8 Å². The minimum absolute atomic E-state index is 0.589. The average Bonchev–Trinajstić information content (AvgIpc) is 2.83. The van der Waals surface area contributed by atoms with E-state index in [0.29, 0.717) is 16.5 Å². The van der Waals surface area contributed by atoms with Crippen molar-refractivity contribution < 1.29 is 4.42 Å². The van der Waals surface area contributed by atoms with Crippen molar-refractivity contribution >= 4 is 47.5 Å². The van der Waals surface area contributed by atoms with Crippen molar-refractivity contribution in [1.29, 1.82) is 0 Å². The van der Waals surface area contributed by atoms with Crippen molar-refractivity contribution in [3.05, 3.63) is 46.9 Å². The van der Waals surface area contributed by atoms with E-state index >= 15 is 0 Å². The number of hydrogen-bond donors (Lipinski definition) is 2. The van der Waals surface area contributed by atoms with Gasteiger partial charge in [0, 0.05) is 21.5 Å². The first-order valence-electron chi connectivity index (χ1n) is 4.94. The van der Waals surface area contributed by atoms with E-state index in [1.54, 1.807) is 11.6 Å². The summed E-state index contributed by atoms with van der Waals surface area (Å²) in [5, 5.41) is 5.42. The standard InChI is InChI=1S/C12H10ClNOS2/c13-10-5-11(8(7-16)4-12(10)17)14-6-9-2-1-3-15-9/h1-5,7,14,17H,6H2. The fourth-order valence-corrected chi connectivity index (χ4v) is 1.99. The van der Waals surface area contributed by atoms with Crippen molar-refractivity contribution in [2.45, 2.75) is 11.4 Å². The third-order valence-electron chi connectivity index (χ3n) is 2.28. The summed E-state index contributed by atoms with van der Waals surface area (Å²) in [5.41, 5.74) is 1.76. The Hall–Kier alpha value is -0.970. The van der Waals surface area contributed by atoms with Crippen molar-refractivity contribution in [3.8, 4) is 0 Å². The number of halogens is 1. The van der Waals surface area contributed by atoms with E-state index in [1.807, 2.05) is 24.3 Å². The van der Waals surface area contributed by atoms with E-state index in [-0.39, 0.29) is 0 Å². The molecule has 0 bridgehead atoms. The first-order valence-corrected chi connectivity index (χ1v) is 6.24. The summed E-state index contributed by atoms with van der Waals surface area (Å²) in [5.74, 6) is 0.853. The molecule has 0 saturated heterocycles. The Morgan fingerprint density at radius 2 is 2.29 bits per heavy atom. The van der Waals surface area contributed by atoms with Gasteiger partial charge in [-0.15, -0.1) is 12.6 Å². The van der Waals surface area contributed by atoms with Gasteiger partial charge in [0.2, 0.25) is 0 Å². The molecule has 2 nitrogen and oxygen atoms in total. The number of anilines is 1. The van der Waals surface area contributed by atoms with Crippen LogP contribution in [0, 0.1) is 0 Å². The molecule has 2 rings (SSSR count). The first-order chi connectivity index (χ1) is 8.20. The summed E-state index contributed by atoms with van der Waals surface area (Å²) in [6, 6.07) is 7.40. The molecule has 0 aliphatic carbocycles. The fraction of sp³-hybridized carbons (Fsp3) is 0.0833. The summed E-state index contributed by atoms with van der Waals surface area (Å²) in [6.45, 7) is 0.589. The van der Waals surface area contributed by atoms with Crippen LogP contribution in [-0.2, 0) is 6.54 Å². The zero-order valence-corrected chi connectivity index (χ0v) is 11.3. The highest BCUT2D eigenvalue weighted by Crippen LogP contribution is 2.27. The van der Waals surface area contributed by atoms with Gasteiger partial charge >= 0.3 is 0 Å². The number of furan rings is 1. The van der Waals surface area contributed by atoms with Crippen LogP contribution in [0.4, 0.5) is 5.69 Å². The molecule has 88 valence electrons. The first kappa shape index (κ1) is 12.5. The molecule has 0 amide bonds. The molecule has 1 aromatic heterocycles. The maximum atomic E-state index is 6.02. The predicted molar refractivity (Wildman–Crippen MR) is 77.5 cm³/mol. The SMILES string of the molecule is S=Cc1cc(S)c(Cl)cc1NCc1ccco1. The average molecular weight is 284 g/mol. The molecule has 0 aliphatic rings. The van der Waals surface area contributed by atoms with Crippen LogP contribution >= 0.6 is 36.4 Å². The minimum atomic E-state index is 0.589. The highest BCUT2D eigenvalue weighted by atomic mass is 35.5. The molecule has 17 heavy (non-hydrogen) atoms. The third-order valence-corrected chi connectivity index (χ3v) is 3.35. The molecule has 0 fully saturated rings. The van der Waals surface area contributed by atoms with Gasteiger partial charge in [0.25, 0.3) is 0 Å². The lowest BCUT2D eigenvalue weighted by atomic mass is 10.2. The van der Waals surface area contributed by atoms with Crippen LogP contribution < -0.4 is 5.32 Å². The van der Waals surface area contributed by atoms with E-state index in [4.69, 9.17) is 28.2 Å². The van der Waals surface area contributed by atoms with E-state index in [0.717, 1.165) is 17.0 Å². The van der Waals surface area contributed by atoms with E-state index in [9.17, 15) is 0 Å². The van der Waals surface area contributed by atoms with Gasteiger partial charge in [0.15, 0.2) is 0 Å². The van der Waals surface area contributed by atoms with Gasteiger partial charge in [0.1, 0.15) is 5.76 Å². The van der Waals surface area contributed by atoms with Gasteiger partial charge in [-0.3, -0.25) is 0 Å². The Labute approximate surface area is 115 Å². The Kier molecular flexibility index (Phi) is 4.10. The highest BCUT2D eigenvalue weighted by Gasteiger charge is 2.05. The van der Waals surface area contributed by atoms with Gasteiger partial charge in [-0.25, -0.2) is 0 Å². The number of thiocarbonyl (C=S) groups is 1. The molecule has 1 N–H and O–H groups in total. The van der Waals surface area contributed by atoms with Crippen LogP contribution in [0.3, 0.4) is 0 Å². The Morgan fingerprint density at radius 3 is 2.94 bits per heavy atom. The molecule has 1 aromatic carbocycles. The number of benzene rings is 1. The van der Waals surface area contributed by atoms with Gasteiger partial charge < -0.3 is 9.73 Å². The smallest absolute Gasteiger partial charge is 0.122 e. The van der Waals surface area contributed by atoms with Gasteiger partial charge in [-0.05, 0) is 24.3 Å². The zero-order valence-electron chi connectivity index (χ0n) is 8.81. The summed E-state index contributed by atoms with van der Waals surface area (Å²) in [6.07, 6.45) is 1.64. The molecule has 0 spiro atoms. The fourth-order valence-electron chi connectivity index (χ4n) is 1.42. The van der Waals surface area contributed by atoms with Crippen molar-refractivity contribution in [1.82, 2.24) is 0 Å². The number of rotatable bonds is 4. The van der Waals surface area contributed by atoms with Crippen LogP contribution in [0.1, 0.15) is 11.3 Å². The molecule has 2 aromatic rings.